The normalized spacial score (nSPS) is 12.5. The van der Waals surface area contributed by atoms with Crippen molar-refractivity contribution in [1.82, 2.24) is 0 Å². The van der Waals surface area contributed by atoms with Gasteiger partial charge in [-0.15, -0.1) is 0 Å². The molecule has 0 aromatic heterocycles. The smallest absolute Gasteiger partial charge is 0.247 e. The van der Waals surface area contributed by atoms with E-state index in [9.17, 15) is 13.2 Å². The third-order valence-electron chi connectivity index (χ3n) is 3.66. The first kappa shape index (κ1) is 20.2. The summed E-state index contributed by atoms with van der Waals surface area (Å²) < 4.78 is 30.7. The van der Waals surface area contributed by atoms with Crippen LogP contribution in [-0.4, -0.2) is 33.7 Å². The zero-order chi connectivity index (χ0) is 19.3. The number of ether oxygens (including phenoxy) is 1. The first-order valence-corrected chi connectivity index (χ1v) is 10.1. The Morgan fingerprint density at radius 3 is 2.54 bits per heavy atom. The van der Waals surface area contributed by atoms with E-state index >= 15 is 0 Å². The summed E-state index contributed by atoms with van der Waals surface area (Å²) in [4.78, 5) is 12.6. The molecule has 2 aromatic carbocycles. The van der Waals surface area contributed by atoms with Gasteiger partial charge < -0.3 is 10.1 Å². The first-order chi connectivity index (χ1) is 12.2. The van der Waals surface area contributed by atoms with Crippen LogP contribution >= 0.6 is 11.6 Å². The molecule has 2 rings (SSSR count). The molecule has 0 radical (unpaired) electrons. The molecule has 0 unspecified atom stereocenters. The number of sulfonamides is 1. The number of carbonyl (C=O) groups excluding carboxylic acids is 1. The number of rotatable bonds is 7. The monoisotopic (exact) mass is 396 g/mol. The standard InChI is InChI=1S/C18H21ClN2O4S/c1-13(18(22)20-16-8-4-6-14(10-16)12-25-2)21(26(3,23)24)17-9-5-7-15(19)11-17/h4-11,13H,12H2,1-3H3,(H,20,22)/t13-/m1/s1. The third kappa shape index (κ3) is 5.20. The second-order valence-electron chi connectivity index (χ2n) is 5.84. The molecule has 140 valence electrons. The molecule has 0 aliphatic rings. The fraction of sp³-hybridized carbons (Fsp3) is 0.278. The van der Waals surface area contributed by atoms with Gasteiger partial charge in [-0.05, 0) is 42.8 Å². The van der Waals surface area contributed by atoms with Crippen molar-refractivity contribution in [3.8, 4) is 0 Å². The summed E-state index contributed by atoms with van der Waals surface area (Å²) in [5.74, 6) is -0.454. The summed E-state index contributed by atoms with van der Waals surface area (Å²) in [6.07, 6.45) is 1.05. The van der Waals surface area contributed by atoms with Gasteiger partial charge in [-0.2, -0.15) is 0 Å². The van der Waals surface area contributed by atoms with Crippen molar-refractivity contribution < 1.29 is 17.9 Å². The van der Waals surface area contributed by atoms with Crippen LogP contribution < -0.4 is 9.62 Å². The zero-order valence-electron chi connectivity index (χ0n) is 14.8. The van der Waals surface area contributed by atoms with E-state index in [1.807, 2.05) is 6.07 Å². The lowest BCUT2D eigenvalue weighted by Gasteiger charge is -2.28. The number of nitrogens with zero attached hydrogens (tertiary/aromatic N) is 1. The van der Waals surface area contributed by atoms with Crippen LogP contribution in [0.3, 0.4) is 0 Å². The van der Waals surface area contributed by atoms with Gasteiger partial charge in [0.15, 0.2) is 0 Å². The molecule has 6 nitrogen and oxygen atoms in total. The number of hydrogen-bond donors (Lipinski definition) is 1. The Morgan fingerprint density at radius 1 is 1.23 bits per heavy atom. The fourth-order valence-electron chi connectivity index (χ4n) is 2.57. The molecule has 0 saturated heterocycles. The Labute approximate surface area is 158 Å². The summed E-state index contributed by atoms with van der Waals surface area (Å²) >= 11 is 5.97. The van der Waals surface area contributed by atoms with Crippen molar-refractivity contribution >= 4 is 38.9 Å². The van der Waals surface area contributed by atoms with Crippen molar-refractivity contribution in [3.05, 3.63) is 59.1 Å². The molecule has 2 aromatic rings. The van der Waals surface area contributed by atoms with Gasteiger partial charge in [0, 0.05) is 17.8 Å². The lowest BCUT2D eigenvalue weighted by Crippen LogP contribution is -2.45. The number of hydrogen-bond acceptors (Lipinski definition) is 4. The topological polar surface area (TPSA) is 75.7 Å². The van der Waals surface area contributed by atoms with E-state index in [4.69, 9.17) is 16.3 Å². The van der Waals surface area contributed by atoms with Crippen LogP contribution in [0, 0.1) is 0 Å². The van der Waals surface area contributed by atoms with Crippen LogP contribution in [0.25, 0.3) is 0 Å². The highest BCUT2D eigenvalue weighted by Gasteiger charge is 2.29. The Hall–Kier alpha value is -2.09. The molecular formula is C18H21ClN2O4S. The number of benzene rings is 2. The average molecular weight is 397 g/mol. The Kier molecular flexibility index (Phi) is 6.63. The van der Waals surface area contributed by atoms with Crippen molar-refractivity contribution in [2.45, 2.75) is 19.6 Å². The third-order valence-corrected chi connectivity index (χ3v) is 5.13. The fourth-order valence-corrected chi connectivity index (χ4v) is 3.93. The van der Waals surface area contributed by atoms with Crippen LogP contribution in [0.15, 0.2) is 48.5 Å². The quantitative estimate of drug-likeness (QED) is 0.779. The largest absolute Gasteiger partial charge is 0.380 e. The number of amides is 1. The molecule has 0 bridgehead atoms. The van der Waals surface area contributed by atoms with Gasteiger partial charge in [-0.3, -0.25) is 9.10 Å². The van der Waals surface area contributed by atoms with E-state index in [2.05, 4.69) is 5.32 Å². The Bertz CT molecular complexity index is 886. The van der Waals surface area contributed by atoms with Gasteiger partial charge in [0.05, 0.1) is 18.6 Å². The van der Waals surface area contributed by atoms with Gasteiger partial charge in [0.1, 0.15) is 6.04 Å². The molecule has 0 spiro atoms. The molecular weight excluding hydrogens is 376 g/mol. The molecule has 1 N–H and O–H groups in total. The molecule has 1 atom stereocenters. The van der Waals surface area contributed by atoms with E-state index in [0.29, 0.717) is 23.0 Å². The van der Waals surface area contributed by atoms with Crippen LogP contribution in [0.2, 0.25) is 5.02 Å². The summed E-state index contributed by atoms with van der Waals surface area (Å²) in [5.41, 5.74) is 1.79. The minimum absolute atomic E-state index is 0.329. The number of halogens is 1. The number of nitrogens with one attached hydrogen (secondary N) is 1. The van der Waals surface area contributed by atoms with Gasteiger partial charge >= 0.3 is 0 Å². The summed E-state index contributed by atoms with van der Waals surface area (Å²) in [6.45, 7) is 1.94. The maximum Gasteiger partial charge on any atom is 0.247 e. The Balaban J connectivity index is 2.27. The predicted octanol–water partition coefficient (Wildman–Crippen LogP) is 3.28. The zero-order valence-corrected chi connectivity index (χ0v) is 16.3. The van der Waals surface area contributed by atoms with Gasteiger partial charge in [0.25, 0.3) is 0 Å². The van der Waals surface area contributed by atoms with Crippen LogP contribution in [0.4, 0.5) is 11.4 Å². The van der Waals surface area contributed by atoms with Crippen molar-refractivity contribution in [3.63, 3.8) is 0 Å². The van der Waals surface area contributed by atoms with E-state index in [1.54, 1.807) is 43.5 Å². The number of methoxy groups -OCH3 is 1. The number of carbonyl (C=O) groups is 1. The molecule has 0 aliphatic heterocycles. The maximum absolute atomic E-state index is 12.6. The van der Waals surface area contributed by atoms with E-state index in [0.717, 1.165) is 16.1 Å². The summed E-state index contributed by atoms with van der Waals surface area (Å²) in [5, 5.41) is 3.13. The summed E-state index contributed by atoms with van der Waals surface area (Å²) in [6, 6.07) is 12.6. The molecule has 8 heteroatoms. The second kappa shape index (κ2) is 8.53. The molecule has 1 amide bonds. The van der Waals surface area contributed by atoms with Crippen molar-refractivity contribution in [2.24, 2.45) is 0 Å². The van der Waals surface area contributed by atoms with Gasteiger partial charge in [-0.25, -0.2) is 8.42 Å². The minimum atomic E-state index is -3.69. The molecule has 0 aliphatic carbocycles. The molecule has 0 fully saturated rings. The summed E-state index contributed by atoms with van der Waals surface area (Å²) in [7, 11) is -2.11. The lowest BCUT2D eigenvalue weighted by molar-refractivity contribution is -0.116. The van der Waals surface area contributed by atoms with Crippen LogP contribution in [-0.2, 0) is 26.2 Å². The highest BCUT2D eigenvalue weighted by Crippen LogP contribution is 2.24. The van der Waals surface area contributed by atoms with Crippen molar-refractivity contribution in [2.75, 3.05) is 23.0 Å². The SMILES string of the molecule is COCc1cccc(NC(=O)[C@@H](C)N(c2cccc(Cl)c2)S(C)(=O)=O)c1. The predicted molar refractivity (Wildman–Crippen MR) is 104 cm³/mol. The van der Waals surface area contributed by atoms with Crippen LogP contribution in [0.5, 0.6) is 0 Å². The van der Waals surface area contributed by atoms with Gasteiger partial charge in [-0.1, -0.05) is 29.8 Å². The lowest BCUT2D eigenvalue weighted by atomic mass is 10.2. The van der Waals surface area contributed by atoms with Gasteiger partial charge in [0.2, 0.25) is 15.9 Å². The average Bonchev–Trinajstić information content (AvgIpc) is 2.54. The number of anilines is 2. The maximum atomic E-state index is 12.6. The van der Waals surface area contributed by atoms with E-state index in [-0.39, 0.29) is 0 Å². The second-order valence-corrected chi connectivity index (χ2v) is 8.13. The molecule has 0 saturated carbocycles. The highest BCUT2D eigenvalue weighted by atomic mass is 35.5. The highest BCUT2D eigenvalue weighted by molar-refractivity contribution is 7.92. The van der Waals surface area contributed by atoms with E-state index < -0.39 is 22.0 Å². The molecule has 26 heavy (non-hydrogen) atoms. The van der Waals surface area contributed by atoms with Crippen molar-refractivity contribution in [1.29, 1.82) is 0 Å². The minimum Gasteiger partial charge on any atom is -0.380 e. The van der Waals surface area contributed by atoms with E-state index in [1.165, 1.54) is 13.0 Å². The Morgan fingerprint density at radius 2 is 1.92 bits per heavy atom. The first-order valence-electron chi connectivity index (χ1n) is 7.86. The van der Waals surface area contributed by atoms with Crippen LogP contribution in [0.1, 0.15) is 12.5 Å². The molecule has 0 heterocycles.